The fourth-order valence-electron chi connectivity index (χ4n) is 2.06. The number of sulfonamides is 1. The number of ether oxygens (including phenoxy) is 2. The molecule has 0 aliphatic heterocycles. The Labute approximate surface area is 157 Å². The number of hydrogen-bond donors (Lipinski definition) is 2. The van der Waals surface area contributed by atoms with Crippen molar-refractivity contribution in [3.05, 3.63) is 54.2 Å². The third kappa shape index (κ3) is 4.91. The van der Waals surface area contributed by atoms with Crippen LogP contribution in [-0.2, 0) is 10.0 Å². The lowest BCUT2D eigenvalue weighted by atomic mass is 10.3. The maximum atomic E-state index is 12.6. The van der Waals surface area contributed by atoms with E-state index in [9.17, 15) is 8.42 Å². The minimum absolute atomic E-state index is 0.0377. The third-order valence-corrected chi connectivity index (χ3v) is 4.82. The summed E-state index contributed by atoms with van der Waals surface area (Å²) < 4.78 is 37.9. The molecular formula is C18H16N4O4S. The van der Waals surface area contributed by atoms with Crippen LogP contribution >= 0.6 is 0 Å². The molecule has 2 aromatic carbocycles. The molecule has 0 saturated heterocycles. The monoisotopic (exact) mass is 384 g/mol. The van der Waals surface area contributed by atoms with Crippen molar-refractivity contribution in [1.29, 1.82) is 10.5 Å². The lowest BCUT2D eigenvalue weighted by Crippen LogP contribution is -2.13. The molecule has 0 heterocycles. The number of nitriles is 2. The van der Waals surface area contributed by atoms with Gasteiger partial charge in [0.15, 0.2) is 0 Å². The first-order valence-corrected chi connectivity index (χ1v) is 9.03. The van der Waals surface area contributed by atoms with Gasteiger partial charge in [0.1, 0.15) is 29.2 Å². The van der Waals surface area contributed by atoms with Gasteiger partial charge in [0.05, 0.1) is 24.8 Å². The summed E-state index contributed by atoms with van der Waals surface area (Å²) in [6.45, 7) is 0. The van der Waals surface area contributed by atoms with E-state index in [1.165, 1.54) is 44.7 Å². The van der Waals surface area contributed by atoms with Gasteiger partial charge in [-0.25, -0.2) is 8.42 Å². The molecule has 2 N–H and O–H groups in total. The van der Waals surface area contributed by atoms with Gasteiger partial charge in [0.25, 0.3) is 10.0 Å². The molecule has 8 nitrogen and oxygen atoms in total. The zero-order chi connectivity index (χ0) is 19.9. The summed E-state index contributed by atoms with van der Waals surface area (Å²) in [6.07, 6.45) is 1.24. The van der Waals surface area contributed by atoms with Crippen LogP contribution in [0.25, 0.3) is 0 Å². The summed E-state index contributed by atoms with van der Waals surface area (Å²) in [5, 5.41) is 20.1. The topological polar surface area (TPSA) is 124 Å². The first-order valence-electron chi connectivity index (χ1n) is 7.55. The van der Waals surface area contributed by atoms with E-state index in [4.69, 9.17) is 20.0 Å². The Bertz CT molecular complexity index is 1020. The minimum Gasteiger partial charge on any atom is -0.497 e. The van der Waals surface area contributed by atoms with E-state index in [0.29, 0.717) is 17.2 Å². The number of rotatable bonds is 7. The van der Waals surface area contributed by atoms with E-state index >= 15 is 0 Å². The molecule has 0 amide bonds. The van der Waals surface area contributed by atoms with E-state index in [1.807, 2.05) is 0 Å². The summed E-state index contributed by atoms with van der Waals surface area (Å²) in [4.78, 5) is 0.0377. The van der Waals surface area contributed by atoms with Crippen molar-refractivity contribution in [3.8, 4) is 23.6 Å². The summed E-state index contributed by atoms with van der Waals surface area (Å²) in [7, 11) is -0.914. The predicted octanol–water partition coefficient (Wildman–Crippen LogP) is 2.85. The van der Waals surface area contributed by atoms with E-state index in [2.05, 4.69) is 10.0 Å². The smallest absolute Gasteiger partial charge is 0.262 e. The molecule has 27 heavy (non-hydrogen) atoms. The molecule has 0 atom stereocenters. The second kappa shape index (κ2) is 8.61. The van der Waals surface area contributed by atoms with Gasteiger partial charge >= 0.3 is 0 Å². The molecule has 138 valence electrons. The quantitative estimate of drug-likeness (QED) is 0.703. The van der Waals surface area contributed by atoms with Gasteiger partial charge in [0, 0.05) is 18.0 Å². The zero-order valence-electron chi connectivity index (χ0n) is 14.6. The second-order valence-corrected chi connectivity index (χ2v) is 6.80. The Morgan fingerprint density at radius 3 is 2.26 bits per heavy atom. The van der Waals surface area contributed by atoms with Gasteiger partial charge in [-0.05, 0) is 36.4 Å². The van der Waals surface area contributed by atoms with Crippen LogP contribution < -0.4 is 19.5 Å². The van der Waals surface area contributed by atoms with Crippen molar-refractivity contribution in [1.82, 2.24) is 0 Å². The van der Waals surface area contributed by atoms with Crippen LogP contribution in [0.1, 0.15) is 0 Å². The molecule has 2 aromatic rings. The van der Waals surface area contributed by atoms with Gasteiger partial charge in [-0.1, -0.05) is 0 Å². The summed E-state index contributed by atoms with van der Waals surface area (Å²) in [5.41, 5.74) is 0.704. The fraction of sp³-hybridized carbons (Fsp3) is 0.111. The van der Waals surface area contributed by atoms with E-state index < -0.39 is 10.0 Å². The van der Waals surface area contributed by atoms with Gasteiger partial charge in [-0.3, -0.25) is 4.72 Å². The van der Waals surface area contributed by atoms with Crippen molar-refractivity contribution in [3.63, 3.8) is 0 Å². The zero-order valence-corrected chi connectivity index (χ0v) is 15.4. The van der Waals surface area contributed by atoms with Gasteiger partial charge in [-0.15, -0.1) is 0 Å². The Kier molecular flexibility index (Phi) is 6.26. The lowest BCUT2D eigenvalue weighted by molar-refractivity contribution is 0.395. The Hall–Kier alpha value is -3.69. The van der Waals surface area contributed by atoms with Crippen LogP contribution in [0.3, 0.4) is 0 Å². The van der Waals surface area contributed by atoms with E-state index in [-0.39, 0.29) is 16.2 Å². The van der Waals surface area contributed by atoms with Crippen molar-refractivity contribution >= 4 is 21.4 Å². The number of nitrogens with zero attached hydrogens (tertiary/aromatic N) is 2. The first-order chi connectivity index (χ1) is 12.9. The number of hydrogen-bond acceptors (Lipinski definition) is 7. The minimum atomic E-state index is -3.84. The molecule has 0 aliphatic carbocycles. The molecule has 0 spiro atoms. The van der Waals surface area contributed by atoms with Crippen molar-refractivity contribution < 1.29 is 17.9 Å². The number of anilines is 2. The predicted molar refractivity (Wildman–Crippen MR) is 99.7 cm³/mol. The summed E-state index contributed by atoms with van der Waals surface area (Å²) in [5.74, 6) is 0.856. The molecule has 2 rings (SSSR count). The maximum absolute atomic E-state index is 12.6. The molecule has 0 unspecified atom stereocenters. The first kappa shape index (κ1) is 19.6. The number of benzene rings is 2. The van der Waals surface area contributed by atoms with Crippen LogP contribution in [0, 0.1) is 22.7 Å². The van der Waals surface area contributed by atoms with Crippen molar-refractivity contribution in [2.45, 2.75) is 4.90 Å². The highest BCUT2D eigenvalue weighted by Crippen LogP contribution is 2.31. The lowest BCUT2D eigenvalue weighted by Gasteiger charge is -2.13. The molecule has 9 heteroatoms. The van der Waals surface area contributed by atoms with E-state index in [0.717, 1.165) is 0 Å². The van der Waals surface area contributed by atoms with Gasteiger partial charge in [0.2, 0.25) is 0 Å². The Morgan fingerprint density at radius 2 is 1.70 bits per heavy atom. The van der Waals surface area contributed by atoms with Crippen LogP contribution in [0.4, 0.5) is 11.4 Å². The third-order valence-electron chi connectivity index (χ3n) is 3.44. The SMILES string of the molecule is COc1ccc(NS(=O)(=O)c2ccc(NC=C(C#N)C#N)cc2)c(OC)c1. The highest BCUT2D eigenvalue weighted by molar-refractivity contribution is 7.92. The normalized spacial score (nSPS) is 10.1. The Balaban J connectivity index is 2.22. The molecule has 0 aliphatic rings. The van der Waals surface area contributed by atoms with Crippen LogP contribution in [0.5, 0.6) is 11.5 Å². The summed E-state index contributed by atoms with van der Waals surface area (Å²) in [6, 6.07) is 14.0. The standard InChI is InChI=1S/C18H16N4O4S/c1-25-15-5-8-17(18(9-15)26-2)22-27(23,24)16-6-3-14(4-7-16)21-12-13(10-19)11-20/h3-9,12,21-22H,1-2H3. The van der Waals surface area contributed by atoms with Crippen LogP contribution in [-0.4, -0.2) is 22.6 Å². The number of allylic oxidation sites excluding steroid dienone is 1. The largest absolute Gasteiger partial charge is 0.497 e. The van der Waals surface area contributed by atoms with Crippen molar-refractivity contribution in [2.24, 2.45) is 0 Å². The Morgan fingerprint density at radius 1 is 1.04 bits per heavy atom. The maximum Gasteiger partial charge on any atom is 0.262 e. The van der Waals surface area contributed by atoms with Gasteiger partial charge in [-0.2, -0.15) is 10.5 Å². The van der Waals surface area contributed by atoms with Crippen LogP contribution in [0.2, 0.25) is 0 Å². The molecule has 0 aromatic heterocycles. The van der Waals surface area contributed by atoms with Crippen molar-refractivity contribution in [2.75, 3.05) is 24.3 Å². The average molecular weight is 384 g/mol. The molecule has 0 radical (unpaired) electrons. The second-order valence-electron chi connectivity index (χ2n) is 5.12. The molecular weight excluding hydrogens is 368 g/mol. The average Bonchev–Trinajstić information content (AvgIpc) is 2.69. The fourth-order valence-corrected chi connectivity index (χ4v) is 3.13. The molecule has 0 bridgehead atoms. The van der Waals surface area contributed by atoms with E-state index in [1.54, 1.807) is 30.3 Å². The number of nitrogens with one attached hydrogen (secondary N) is 2. The summed E-state index contributed by atoms with van der Waals surface area (Å²) >= 11 is 0. The number of methoxy groups -OCH3 is 2. The van der Waals surface area contributed by atoms with Gasteiger partial charge < -0.3 is 14.8 Å². The highest BCUT2D eigenvalue weighted by Gasteiger charge is 2.17. The molecule has 0 fully saturated rings. The highest BCUT2D eigenvalue weighted by atomic mass is 32.2. The molecule has 0 saturated carbocycles. The van der Waals surface area contributed by atoms with Crippen LogP contribution in [0.15, 0.2) is 59.1 Å².